The van der Waals surface area contributed by atoms with Gasteiger partial charge >= 0.3 is 0 Å². The number of aliphatic hydroxyl groups excluding tert-OH is 1. The zero-order valence-corrected chi connectivity index (χ0v) is 22.0. The lowest BCUT2D eigenvalue weighted by atomic mass is 9.88. The first kappa shape index (κ1) is 28.7. The van der Waals surface area contributed by atoms with Gasteiger partial charge in [-0.3, -0.25) is 4.90 Å². The Hall–Kier alpha value is -1.53. The van der Waals surface area contributed by atoms with Crippen molar-refractivity contribution in [2.75, 3.05) is 45.0 Å². The molecule has 1 atom stereocenters. The summed E-state index contributed by atoms with van der Waals surface area (Å²) >= 11 is 1.74. The summed E-state index contributed by atoms with van der Waals surface area (Å²) in [6.07, 6.45) is 0.844. The Labute approximate surface area is 221 Å². The molecule has 34 heavy (non-hydrogen) atoms. The summed E-state index contributed by atoms with van der Waals surface area (Å²) in [5.41, 5.74) is 2.80. The fourth-order valence-corrected chi connectivity index (χ4v) is 5.30. The molecule has 3 nitrogen and oxygen atoms in total. The maximum atomic E-state index is 10.5. The smallest absolute Gasteiger partial charge is 0.0760 e. The van der Waals surface area contributed by atoms with Gasteiger partial charge in [-0.1, -0.05) is 78.9 Å². The quantitative estimate of drug-likeness (QED) is 0.342. The van der Waals surface area contributed by atoms with E-state index in [9.17, 15) is 5.11 Å². The van der Waals surface area contributed by atoms with Crippen LogP contribution in [0.3, 0.4) is 0 Å². The van der Waals surface area contributed by atoms with E-state index in [-0.39, 0.29) is 30.9 Å². The summed E-state index contributed by atoms with van der Waals surface area (Å²) in [5, 5.41) is 10.5. The zero-order chi connectivity index (χ0) is 22.0. The molecule has 1 N–H and O–H groups in total. The third kappa shape index (κ3) is 8.92. The van der Waals surface area contributed by atoms with E-state index in [2.05, 4.69) is 82.6 Å². The van der Waals surface area contributed by atoms with Crippen LogP contribution in [0.15, 0.2) is 95.9 Å². The van der Waals surface area contributed by atoms with Gasteiger partial charge in [-0.2, -0.15) is 0 Å². The first-order chi connectivity index (χ1) is 15.8. The van der Waals surface area contributed by atoms with Gasteiger partial charge in [-0.05, 0) is 36.2 Å². The average Bonchev–Trinajstić information content (AvgIpc) is 2.86. The Bertz CT molecular complexity index is 870. The maximum Gasteiger partial charge on any atom is 0.0760 e. The van der Waals surface area contributed by atoms with Crippen LogP contribution < -0.4 is 0 Å². The number of rotatable bonds is 10. The van der Waals surface area contributed by atoms with E-state index in [1.54, 1.807) is 11.8 Å². The molecule has 3 aromatic rings. The van der Waals surface area contributed by atoms with Gasteiger partial charge in [0.2, 0.25) is 0 Å². The molecule has 1 unspecified atom stereocenters. The topological polar surface area (TPSA) is 26.7 Å². The highest BCUT2D eigenvalue weighted by Gasteiger charge is 2.21. The molecule has 1 heterocycles. The van der Waals surface area contributed by atoms with Gasteiger partial charge in [-0.25, -0.2) is 0 Å². The zero-order valence-electron chi connectivity index (χ0n) is 19.5. The van der Waals surface area contributed by atoms with Crippen molar-refractivity contribution in [3.8, 4) is 0 Å². The number of aliphatic hydroxyl groups is 1. The first-order valence-electron chi connectivity index (χ1n) is 11.7. The number of piperazine rings is 1. The minimum absolute atomic E-state index is 0. The number of β-amino-alcohol motifs (C(OH)–C–C–N with tert-alkyl or cyclic N) is 1. The highest BCUT2D eigenvalue weighted by atomic mass is 35.5. The van der Waals surface area contributed by atoms with E-state index in [4.69, 9.17) is 0 Å². The van der Waals surface area contributed by atoms with Crippen LogP contribution in [0.25, 0.3) is 0 Å². The van der Waals surface area contributed by atoms with Crippen LogP contribution in [0.4, 0.5) is 0 Å². The fraction of sp³-hybridized carbons (Fsp3) is 0.357. The van der Waals surface area contributed by atoms with Crippen LogP contribution in [0.2, 0.25) is 0 Å². The van der Waals surface area contributed by atoms with Gasteiger partial charge in [0.05, 0.1) is 6.10 Å². The van der Waals surface area contributed by atoms with E-state index in [0.29, 0.717) is 5.92 Å². The molecule has 3 aromatic carbocycles. The molecule has 6 heteroatoms. The molecule has 0 spiro atoms. The molecular formula is C28H36Cl2N2OS. The van der Waals surface area contributed by atoms with E-state index < -0.39 is 0 Å². The first-order valence-corrected chi connectivity index (χ1v) is 12.7. The van der Waals surface area contributed by atoms with Gasteiger partial charge in [0.15, 0.2) is 0 Å². The van der Waals surface area contributed by atoms with E-state index in [1.165, 1.54) is 16.0 Å². The Morgan fingerprint density at radius 1 is 0.676 bits per heavy atom. The number of hydrogen-bond acceptors (Lipinski definition) is 4. The van der Waals surface area contributed by atoms with Gasteiger partial charge < -0.3 is 10.0 Å². The fourth-order valence-electron chi connectivity index (χ4n) is 4.46. The lowest BCUT2D eigenvalue weighted by molar-refractivity contribution is 0.0818. The van der Waals surface area contributed by atoms with Crippen molar-refractivity contribution in [3.63, 3.8) is 0 Å². The average molecular weight is 520 g/mol. The van der Waals surface area contributed by atoms with Crippen molar-refractivity contribution in [2.45, 2.75) is 23.3 Å². The van der Waals surface area contributed by atoms with Gasteiger partial charge in [0.25, 0.3) is 0 Å². The van der Waals surface area contributed by atoms with Crippen LogP contribution in [0, 0.1) is 0 Å². The lowest BCUT2D eigenvalue weighted by Gasteiger charge is -2.36. The monoisotopic (exact) mass is 518 g/mol. The van der Waals surface area contributed by atoms with Crippen LogP contribution in [-0.4, -0.2) is 66.0 Å². The molecular weight excluding hydrogens is 483 g/mol. The van der Waals surface area contributed by atoms with Crippen LogP contribution in [0.1, 0.15) is 23.5 Å². The predicted octanol–water partition coefficient (Wildman–Crippen LogP) is 5.82. The number of hydrogen-bond donors (Lipinski definition) is 1. The number of nitrogens with zero attached hydrogens (tertiary/aromatic N) is 2. The second-order valence-electron chi connectivity index (χ2n) is 8.58. The molecule has 1 fully saturated rings. The normalized spacial score (nSPS) is 15.4. The minimum Gasteiger partial charge on any atom is -0.391 e. The number of benzene rings is 3. The van der Waals surface area contributed by atoms with E-state index >= 15 is 0 Å². The van der Waals surface area contributed by atoms with Crippen molar-refractivity contribution in [2.24, 2.45) is 0 Å². The van der Waals surface area contributed by atoms with Crippen LogP contribution in [-0.2, 0) is 0 Å². The van der Waals surface area contributed by atoms with Gasteiger partial charge in [0, 0.05) is 49.3 Å². The Balaban J connectivity index is 0.00000204. The second kappa shape index (κ2) is 15.5. The third-order valence-corrected chi connectivity index (χ3v) is 7.41. The lowest BCUT2D eigenvalue weighted by Crippen LogP contribution is -2.49. The highest BCUT2D eigenvalue weighted by molar-refractivity contribution is 7.99. The van der Waals surface area contributed by atoms with Crippen molar-refractivity contribution in [3.05, 3.63) is 102 Å². The second-order valence-corrected chi connectivity index (χ2v) is 9.68. The van der Waals surface area contributed by atoms with E-state index in [0.717, 1.165) is 51.4 Å². The van der Waals surface area contributed by atoms with Crippen molar-refractivity contribution < 1.29 is 5.11 Å². The summed E-state index contributed by atoms with van der Waals surface area (Å²) in [4.78, 5) is 6.22. The molecule has 0 saturated carbocycles. The summed E-state index contributed by atoms with van der Waals surface area (Å²) in [7, 11) is 0. The molecule has 0 aliphatic carbocycles. The maximum absolute atomic E-state index is 10.5. The van der Waals surface area contributed by atoms with Crippen LogP contribution in [0.5, 0.6) is 0 Å². The minimum atomic E-state index is -0.285. The molecule has 0 radical (unpaired) electrons. The van der Waals surface area contributed by atoms with Gasteiger partial charge in [0.1, 0.15) is 0 Å². The van der Waals surface area contributed by atoms with E-state index in [1.807, 2.05) is 18.2 Å². The molecule has 1 saturated heterocycles. The Morgan fingerprint density at radius 2 is 1.15 bits per heavy atom. The number of halogens is 2. The third-order valence-electron chi connectivity index (χ3n) is 6.26. The largest absolute Gasteiger partial charge is 0.391 e. The Morgan fingerprint density at radius 3 is 1.68 bits per heavy atom. The Kier molecular flexibility index (Phi) is 13.1. The van der Waals surface area contributed by atoms with Crippen molar-refractivity contribution >= 4 is 36.6 Å². The summed E-state index contributed by atoms with van der Waals surface area (Å²) in [5.74, 6) is 1.19. The molecule has 4 rings (SSSR count). The summed E-state index contributed by atoms with van der Waals surface area (Å²) < 4.78 is 0. The molecule has 184 valence electrons. The standard InChI is InChI=1S/C28H34N2OS.2ClH/c31-26(23-32-27-14-8-3-9-15-27)22-30-20-18-29(19-21-30)17-16-28(24-10-4-1-5-11-24)25-12-6-2-7-13-25;;/h1-15,26,28,31H,16-23H2;2*1H. The molecule has 0 aromatic heterocycles. The van der Waals surface area contributed by atoms with Gasteiger partial charge in [-0.15, -0.1) is 36.6 Å². The van der Waals surface area contributed by atoms with Crippen molar-refractivity contribution in [1.82, 2.24) is 9.80 Å². The summed E-state index contributed by atoms with van der Waals surface area (Å²) in [6, 6.07) is 32.1. The van der Waals surface area contributed by atoms with Crippen LogP contribution >= 0.6 is 36.6 Å². The molecule has 1 aliphatic rings. The predicted molar refractivity (Wildman–Crippen MR) is 150 cm³/mol. The number of thioether (sulfide) groups is 1. The molecule has 0 amide bonds. The molecule has 1 aliphatic heterocycles. The van der Waals surface area contributed by atoms with Crippen molar-refractivity contribution in [1.29, 1.82) is 0 Å². The SMILES string of the molecule is Cl.Cl.OC(CSc1ccccc1)CN1CCN(CCC(c2ccccc2)c2ccccc2)CC1. The summed E-state index contributed by atoms with van der Waals surface area (Å²) in [6.45, 7) is 6.10. The highest BCUT2D eigenvalue weighted by Crippen LogP contribution is 2.28. The molecule has 0 bridgehead atoms.